The smallest absolute Gasteiger partial charge is 0.259 e. The molecule has 1 aromatic rings. The molecular weight excluding hydrogens is 246 g/mol. The number of fused-ring (bicyclic) bond motifs is 1. The van der Waals surface area contributed by atoms with E-state index in [9.17, 15) is 14.4 Å². The highest BCUT2D eigenvalue weighted by Crippen LogP contribution is 2.45. The first kappa shape index (κ1) is 11.9. The summed E-state index contributed by atoms with van der Waals surface area (Å²) in [6.07, 6.45) is 1.58. The maximum Gasteiger partial charge on any atom is 0.259 e. The third-order valence-electron chi connectivity index (χ3n) is 3.72. The Kier molecular flexibility index (Phi) is 2.43. The van der Waals surface area contributed by atoms with Gasteiger partial charge in [-0.3, -0.25) is 19.7 Å². The molecule has 1 aromatic carbocycles. The molecule has 1 fully saturated rings. The van der Waals surface area contributed by atoms with Crippen LogP contribution in [0.5, 0.6) is 0 Å². The highest BCUT2D eigenvalue weighted by Gasteiger charge is 2.48. The summed E-state index contributed by atoms with van der Waals surface area (Å²) in [4.78, 5) is 34.9. The first-order valence-corrected chi connectivity index (χ1v) is 6.07. The second kappa shape index (κ2) is 3.89. The van der Waals surface area contributed by atoms with Crippen molar-refractivity contribution in [3.63, 3.8) is 0 Å². The van der Waals surface area contributed by atoms with Gasteiger partial charge in [0.2, 0.25) is 5.91 Å². The second-order valence-corrected chi connectivity index (χ2v) is 4.98. The van der Waals surface area contributed by atoms with Crippen molar-refractivity contribution >= 4 is 23.4 Å². The van der Waals surface area contributed by atoms with Crippen molar-refractivity contribution in [3.05, 3.63) is 29.3 Å². The van der Waals surface area contributed by atoms with Gasteiger partial charge >= 0.3 is 0 Å². The fraction of sp³-hybridized carbons (Fsp3) is 0.308. The van der Waals surface area contributed by atoms with Gasteiger partial charge in [-0.2, -0.15) is 0 Å². The van der Waals surface area contributed by atoms with E-state index in [1.165, 1.54) is 12.1 Å². The lowest BCUT2D eigenvalue weighted by Gasteiger charge is -2.13. The van der Waals surface area contributed by atoms with Gasteiger partial charge in [0.1, 0.15) is 0 Å². The van der Waals surface area contributed by atoms with E-state index in [0.29, 0.717) is 23.4 Å². The van der Waals surface area contributed by atoms with Crippen LogP contribution in [0.2, 0.25) is 0 Å². The van der Waals surface area contributed by atoms with Gasteiger partial charge in [-0.1, -0.05) is 0 Å². The summed E-state index contributed by atoms with van der Waals surface area (Å²) in [7, 11) is 0. The molecule has 1 heterocycles. The summed E-state index contributed by atoms with van der Waals surface area (Å²) in [5, 5.41) is 4.96. The number of amides is 3. The fourth-order valence-corrected chi connectivity index (χ4v) is 2.18. The molecule has 0 aromatic heterocycles. The number of imide groups is 1. The normalized spacial score (nSPS) is 18.8. The van der Waals surface area contributed by atoms with Crippen LogP contribution in [-0.4, -0.2) is 24.3 Å². The van der Waals surface area contributed by atoms with Gasteiger partial charge in [0.05, 0.1) is 16.5 Å². The second-order valence-electron chi connectivity index (χ2n) is 4.98. The van der Waals surface area contributed by atoms with Crippen LogP contribution >= 0.6 is 0 Å². The van der Waals surface area contributed by atoms with Gasteiger partial charge < -0.3 is 11.1 Å². The minimum absolute atomic E-state index is 0.125. The predicted molar refractivity (Wildman–Crippen MR) is 67.6 cm³/mol. The topological polar surface area (TPSA) is 101 Å². The Morgan fingerprint density at radius 1 is 1.26 bits per heavy atom. The highest BCUT2D eigenvalue weighted by molar-refractivity contribution is 6.22. The summed E-state index contributed by atoms with van der Waals surface area (Å²) >= 11 is 0. The number of carbonyl (C=O) groups excluding carboxylic acids is 3. The lowest BCUT2D eigenvalue weighted by molar-refractivity contribution is -0.120. The lowest BCUT2D eigenvalue weighted by atomic mass is 10.1. The first-order chi connectivity index (χ1) is 9.05. The third-order valence-corrected chi connectivity index (χ3v) is 3.72. The Hall–Kier alpha value is -2.21. The van der Waals surface area contributed by atoms with Crippen LogP contribution < -0.4 is 16.4 Å². The molecule has 98 valence electrons. The molecule has 0 spiro atoms. The van der Waals surface area contributed by atoms with Crippen molar-refractivity contribution in [3.8, 4) is 0 Å². The van der Waals surface area contributed by atoms with Gasteiger partial charge in [-0.25, -0.2) is 0 Å². The maximum absolute atomic E-state index is 12.0. The molecule has 2 aliphatic rings. The van der Waals surface area contributed by atoms with Crippen LogP contribution in [0.15, 0.2) is 18.2 Å². The first-order valence-electron chi connectivity index (χ1n) is 6.07. The number of carbonyl (C=O) groups is 3. The number of benzene rings is 1. The standard InChI is InChI=1S/C13H13N3O3/c14-6-13(3-4-13)12(19)15-7-1-2-8-9(5-7)11(18)16-10(8)17/h1-2,5H,3-4,6,14H2,(H,15,19)(H,16,17,18). The highest BCUT2D eigenvalue weighted by atomic mass is 16.2. The molecule has 1 aliphatic carbocycles. The average molecular weight is 259 g/mol. The van der Waals surface area contributed by atoms with Crippen molar-refractivity contribution in [2.45, 2.75) is 12.8 Å². The summed E-state index contributed by atoms with van der Waals surface area (Å²) < 4.78 is 0. The molecule has 6 nitrogen and oxygen atoms in total. The van der Waals surface area contributed by atoms with Crippen molar-refractivity contribution in [1.82, 2.24) is 5.32 Å². The van der Waals surface area contributed by atoms with E-state index in [0.717, 1.165) is 12.8 Å². The van der Waals surface area contributed by atoms with Crippen molar-refractivity contribution < 1.29 is 14.4 Å². The Labute approximate surface area is 109 Å². The van der Waals surface area contributed by atoms with Crippen LogP contribution in [0.1, 0.15) is 33.6 Å². The molecule has 19 heavy (non-hydrogen) atoms. The van der Waals surface area contributed by atoms with E-state index in [-0.39, 0.29) is 5.91 Å². The molecule has 1 saturated carbocycles. The summed E-state index contributed by atoms with van der Waals surface area (Å²) in [5.41, 5.74) is 6.27. The van der Waals surface area contributed by atoms with Crippen LogP contribution in [0.4, 0.5) is 5.69 Å². The van der Waals surface area contributed by atoms with Crippen LogP contribution in [0.25, 0.3) is 0 Å². The number of anilines is 1. The van der Waals surface area contributed by atoms with E-state index in [4.69, 9.17) is 5.73 Å². The van der Waals surface area contributed by atoms with Gasteiger partial charge in [0.15, 0.2) is 0 Å². The number of nitrogens with two attached hydrogens (primary N) is 1. The minimum Gasteiger partial charge on any atom is -0.329 e. The van der Waals surface area contributed by atoms with Gasteiger partial charge in [-0.05, 0) is 31.0 Å². The minimum atomic E-state index is -0.447. The predicted octanol–water partition coefficient (Wildman–Crippen LogP) is 0.248. The summed E-state index contributed by atoms with van der Waals surface area (Å²) in [6, 6.07) is 4.66. The van der Waals surface area contributed by atoms with E-state index < -0.39 is 17.2 Å². The zero-order valence-electron chi connectivity index (χ0n) is 10.2. The molecule has 1 aliphatic heterocycles. The molecule has 0 atom stereocenters. The van der Waals surface area contributed by atoms with Crippen LogP contribution in [0.3, 0.4) is 0 Å². The van der Waals surface area contributed by atoms with Gasteiger partial charge in [0.25, 0.3) is 11.8 Å². The van der Waals surface area contributed by atoms with E-state index in [1.54, 1.807) is 6.07 Å². The summed E-state index contributed by atoms with van der Waals surface area (Å²) in [6.45, 7) is 0.322. The average Bonchev–Trinajstić information content (AvgIpc) is 3.14. The number of nitrogens with one attached hydrogen (secondary N) is 2. The van der Waals surface area contributed by atoms with Crippen molar-refractivity contribution in [2.24, 2.45) is 11.1 Å². The molecule has 0 saturated heterocycles. The summed E-state index contributed by atoms with van der Waals surface area (Å²) in [5.74, 6) is -0.964. The molecule has 0 bridgehead atoms. The Morgan fingerprint density at radius 2 is 1.95 bits per heavy atom. The largest absolute Gasteiger partial charge is 0.329 e. The molecule has 3 rings (SSSR count). The zero-order chi connectivity index (χ0) is 13.6. The van der Waals surface area contributed by atoms with E-state index >= 15 is 0 Å². The molecule has 0 radical (unpaired) electrons. The monoisotopic (exact) mass is 259 g/mol. The van der Waals surface area contributed by atoms with Gasteiger partial charge in [0, 0.05) is 12.2 Å². The van der Waals surface area contributed by atoms with Crippen molar-refractivity contribution in [1.29, 1.82) is 0 Å². The number of hydrogen-bond donors (Lipinski definition) is 3. The van der Waals surface area contributed by atoms with E-state index in [2.05, 4.69) is 10.6 Å². The Balaban J connectivity index is 1.84. The zero-order valence-corrected chi connectivity index (χ0v) is 10.2. The molecule has 3 amide bonds. The van der Waals surface area contributed by atoms with Crippen molar-refractivity contribution in [2.75, 3.05) is 11.9 Å². The Bertz CT molecular complexity index is 605. The van der Waals surface area contributed by atoms with Crippen LogP contribution in [0, 0.1) is 5.41 Å². The number of hydrogen-bond acceptors (Lipinski definition) is 4. The van der Waals surface area contributed by atoms with Crippen LogP contribution in [-0.2, 0) is 4.79 Å². The maximum atomic E-state index is 12.0. The quantitative estimate of drug-likeness (QED) is 0.677. The molecule has 4 N–H and O–H groups in total. The molecule has 6 heteroatoms. The molecule has 0 unspecified atom stereocenters. The van der Waals surface area contributed by atoms with E-state index in [1.807, 2.05) is 0 Å². The Morgan fingerprint density at radius 3 is 2.58 bits per heavy atom. The van der Waals surface area contributed by atoms with Gasteiger partial charge in [-0.15, -0.1) is 0 Å². The third kappa shape index (κ3) is 1.80. The fourth-order valence-electron chi connectivity index (χ4n) is 2.18. The SMILES string of the molecule is NCC1(C(=O)Nc2ccc3c(c2)C(=O)NC3=O)CC1. The lowest BCUT2D eigenvalue weighted by Crippen LogP contribution is -2.30. The molecular formula is C13H13N3O3. The number of rotatable bonds is 3.